The number of benzene rings is 2. The zero-order valence-electron chi connectivity index (χ0n) is 15.9. The first-order valence-corrected chi connectivity index (χ1v) is 12.2. The Kier molecular flexibility index (Phi) is 6.82. The van der Waals surface area contributed by atoms with Gasteiger partial charge in [-0.2, -0.15) is 0 Å². The van der Waals surface area contributed by atoms with Crippen LogP contribution in [0.2, 0.25) is 5.02 Å². The van der Waals surface area contributed by atoms with Crippen molar-refractivity contribution in [2.75, 3.05) is 0 Å². The van der Waals surface area contributed by atoms with Gasteiger partial charge in [0.2, 0.25) is 20.0 Å². The largest absolute Gasteiger partial charge is 0.468 e. The van der Waals surface area contributed by atoms with Crippen LogP contribution in [0.4, 0.5) is 0 Å². The lowest BCUT2D eigenvalue weighted by molar-refractivity contribution is 0.0950. The van der Waals surface area contributed by atoms with Gasteiger partial charge in [-0.05, 0) is 48.0 Å². The summed E-state index contributed by atoms with van der Waals surface area (Å²) in [7, 11) is -7.80. The van der Waals surface area contributed by atoms with E-state index in [-0.39, 0.29) is 33.5 Å². The van der Waals surface area contributed by atoms with Gasteiger partial charge >= 0.3 is 0 Å². The smallest absolute Gasteiger partial charge is 0.251 e. The summed E-state index contributed by atoms with van der Waals surface area (Å²) in [6.07, 6.45) is 1.42. The molecule has 0 spiro atoms. The van der Waals surface area contributed by atoms with Crippen LogP contribution >= 0.6 is 11.6 Å². The van der Waals surface area contributed by atoms with E-state index < -0.39 is 26.0 Å². The monoisotopic (exact) mass is 483 g/mol. The van der Waals surface area contributed by atoms with E-state index in [0.717, 1.165) is 0 Å². The lowest BCUT2D eigenvalue weighted by Gasteiger charge is -2.10. The third-order valence-electron chi connectivity index (χ3n) is 4.20. The Hall–Kier alpha value is -2.70. The Morgan fingerprint density at radius 1 is 1.00 bits per heavy atom. The summed E-state index contributed by atoms with van der Waals surface area (Å²) in [6, 6.07) is 12.8. The van der Waals surface area contributed by atoms with Gasteiger partial charge in [-0.25, -0.2) is 26.7 Å². The summed E-state index contributed by atoms with van der Waals surface area (Å²) in [5.41, 5.74) is 0.714. The molecule has 2 aromatic carbocycles. The Balaban J connectivity index is 1.70. The summed E-state index contributed by atoms with van der Waals surface area (Å²) in [5, 5.41) is 7.64. The predicted molar refractivity (Wildman–Crippen MR) is 113 cm³/mol. The number of rotatable bonds is 8. The zero-order valence-corrected chi connectivity index (χ0v) is 18.3. The van der Waals surface area contributed by atoms with Crippen LogP contribution in [0.1, 0.15) is 21.7 Å². The van der Waals surface area contributed by atoms with E-state index in [4.69, 9.17) is 21.2 Å². The fourth-order valence-electron chi connectivity index (χ4n) is 2.59. The molecule has 3 rings (SSSR count). The molecule has 0 saturated carbocycles. The third-order valence-corrected chi connectivity index (χ3v) is 7.02. The molecule has 1 amide bonds. The van der Waals surface area contributed by atoms with E-state index in [2.05, 4.69) is 10.0 Å². The Morgan fingerprint density at radius 2 is 1.71 bits per heavy atom. The molecule has 0 aliphatic rings. The van der Waals surface area contributed by atoms with Gasteiger partial charge in [-0.3, -0.25) is 4.79 Å². The molecule has 4 N–H and O–H groups in total. The third kappa shape index (κ3) is 5.93. The summed E-state index contributed by atoms with van der Waals surface area (Å²) in [5.74, 6) is -0.114. The molecule has 0 atom stereocenters. The fraction of sp³-hybridized carbons (Fsp3) is 0.105. The molecule has 164 valence electrons. The molecule has 0 aliphatic heterocycles. The number of primary sulfonamides is 1. The minimum absolute atomic E-state index is 0.0397. The van der Waals surface area contributed by atoms with Crippen molar-refractivity contribution >= 4 is 37.6 Å². The van der Waals surface area contributed by atoms with Crippen LogP contribution < -0.4 is 15.2 Å². The molecule has 12 heteroatoms. The van der Waals surface area contributed by atoms with Gasteiger partial charge < -0.3 is 9.73 Å². The van der Waals surface area contributed by atoms with Crippen molar-refractivity contribution in [3.05, 3.63) is 82.8 Å². The summed E-state index contributed by atoms with van der Waals surface area (Å²) < 4.78 is 55.2. The average Bonchev–Trinajstić information content (AvgIpc) is 3.24. The number of nitrogens with two attached hydrogens (primary N) is 1. The predicted octanol–water partition coefficient (Wildman–Crippen LogP) is 1.99. The lowest BCUT2D eigenvalue weighted by atomic mass is 10.2. The number of hydrogen-bond donors (Lipinski definition) is 3. The van der Waals surface area contributed by atoms with Gasteiger partial charge in [0, 0.05) is 12.1 Å². The van der Waals surface area contributed by atoms with E-state index >= 15 is 0 Å². The van der Waals surface area contributed by atoms with Gasteiger partial charge in [0.15, 0.2) is 0 Å². The average molecular weight is 484 g/mol. The first kappa shape index (κ1) is 23.0. The second-order valence-corrected chi connectivity index (χ2v) is 10.1. The second-order valence-electron chi connectivity index (χ2n) is 6.42. The summed E-state index contributed by atoms with van der Waals surface area (Å²) >= 11 is 6.04. The van der Waals surface area contributed by atoms with Crippen LogP contribution in [0.25, 0.3) is 0 Å². The maximum Gasteiger partial charge on any atom is 0.251 e. The van der Waals surface area contributed by atoms with Gasteiger partial charge in [-0.15, -0.1) is 0 Å². The summed E-state index contributed by atoms with van der Waals surface area (Å²) in [6.45, 7) is 0.0157. The van der Waals surface area contributed by atoms with Crippen molar-refractivity contribution in [1.82, 2.24) is 10.0 Å². The molecule has 1 heterocycles. The van der Waals surface area contributed by atoms with E-state index in [9.17, 15) is 21.6 Å². The number of carbonyl (C=O) groups excluding carboxylic acids is 1. The molecule has 0 bridgehead atoms. The minimum atomic E-state index is -4.00. The van der Waals surface area contributed by atoms with Crippen LogP contribution in [0.15, 0.2) is 75.1 Å². The number of furan rings is 1. The molecule has 3 aromatic rings. The van der Waals surface area contributed by atoms with E-state index in [1.165, 1.54) is 48.7 Å². The van der Waals surface area contributed by atoms with E-state index in [1.54, 1.807) is 12.1 Å². The van der Waals surface area contributed by atoms with Crippen LogP contribution in [0, 0.1) is 0 Å². The number of halogens is 1. The maximum atomic E-state index is 12.6. The molecule has 0 unspecified atom stereocenters. The normalized spacial score (nSPS) is 11.9. The van der Waals surface area contributed by atoms with Crippen molar-refractivity contribution in [3.8, 4) is 0 Å². The second kappa shape index (κ2) is 9.20. The first-order valence-electron chi connectivity index (χ1n) is 8.78. The Morgan fingerprint density at radius 3 is 2.32 bits per heavy atom. The molecule has 0 aliphatic carbocycles. The van der Waals surface area contributed by atoms with Crippen LogP contribution in [-0.4, -0.2) is 22.7 Å². The summed E-state index contributed by atoms with van der Waals surface area (Å²) in [4.78, 5) is 12.2. The quantitative estimate of drug-likeness (QED) is 0.446. The number of amides is 1. The van der Waals surface area contributed by atoms with Crippen LogP contribution in [0.5, 0.6) is 0 Å². The first-order chi connectivity index (χ1) is 14.6. The molecule has 31 heavy (non-hydrogen) atoms. The highest BCUT2D eigenvalue weighted by atomic mass is 35.5. The van der Waals surface area contributed by atoms with Gasteiger partial charge in [0.1, 0.15) is 10.7 Å². The Labute approximate surface area is 184 Å². The number of nitrogens with one attached hydrogen (secondary N) is 2. The number of carbonyl (C=O) groups is 1. The molecule has 1 aromatic heterocycles. The van der Waals surface area contributed by atoms with E-state index in [0.29, 0.717) is 11.3 Å². The standard InChI is InChI=1S/C19H18ClN3O6S2/c20-17-8-5-14(10-18(17)31(27,28)23-12-15-2-1-9-29-15)19(24)22-11-13-3-6-16(7-4-13)30(21,25)26/h1-10,23H,11-12H2,(H,22,24)(H2,21,25,26). The van der Waals surface area contributed by atoms with Crippen molar-refractivity contribution in [3.63, 3.8) is 0 Å². The van der Waals surface area contributed by atoms with Crippen molar-refractivity contribution < 1.29 is 26.0 Å². The molecule has 0 fully saturated rings. The topological polar surface area (TPSA) is 149 Å². The van der Waals surface area contributed by atoms with Crippen molar-refractivity contribution in [2.24, 2.45) is 5.14 Å². The van der Waals surface area contributed by atoms with Crippen molar-refractivity contribution in [1.29, 1.82) is 0 Å². The number of hydrogen-bond acceptors (Lipinski definition) is 6. The molecule has 9 nitrogen and oxygen atoms in total. The zero-order chi connectivity index (χ0) is 22.6. The maximum absolute atomic E-state index is 12.6. The molecule has 0 radical (unpaired) electrons. The highest BCUT2D eigenvalue weighted by Crippen LogP contribution is 2.23. The van der Waals surface area contributed by atoms with Gasteiger partial charge in [0.05, 0.1) is 22.7 Å². The molecule has 0 saturated heterocycles. The highest BCUT2D eigenvalue weighted by molar-refractivity contribution is 7.89. The SMILES string of the molecule is NS(=O)(=O)c1ccc(CNC(=O)c2ccc(Cl)c(S(=O)(=O)NCc3ccco3)c2)cc1. The van der Waals surface area contributed by atoms with Crippen LogP contribution in [-0.2, 0) is 33.1 Å². The molecular formula is C19H18ClN3O6S2. The Bertz CT molecular complexity index is 1290. The molecular weight excluding hydrogens is 466 g/mol. The highest BCUT2D eigenvalue weighted by Gasteiger charge is 2.20. The number of sulfonamides is 2. The lowest BCUT2D eigenvalue weighted by Crippen LogP contribution is -2.25. The van der Waals surface area contributed by atoms with E-state index in [1.807, 2.05) is 0 Å². The van der Waals surface area contributed by atoms with Gasteiger partial charge in [-0.1, -0.05) is 23.7 Å². The van der Waals surface area contributed by atoms with Crippen molar-refractivity contribution in [2.45, 2.75) is 22.9 Å². The fourth-order valence-corrected chi connectivity index (χ4v) is 4.62. The van der Waals surface area contributed by atoms with Crippen LogP contribution in [0.3, 0.4) is 0 Å². The van der Waals surface area contributed by atoms with Gasteiger partial charge in [0.25, 0.3) is 5.91 Å². The minimum Gasteiger partial charge on any atom is -0.468 e.